The predicted molar refractivity (Wildman–Crippen MR) is 58.1 cm³/mol. The Balaban J connectivity index is 1.96. The number of carbonyl (C=O) groups excluding carboxylic acids is 1. The van der Waals surface area contributed by atoms with Crippen LogP contribution in [0.2, 0.25) is 0 Å². The second kappa shape index (κ2) is 6.02. The van der Waals surface area contributed by atoms with Gasteiger partial charge in [-0.05, 0) is 25.8 Å². The second-order valence-corrected chi connectivity index (χ2v) is 4.24. The third kappa shape index (κ3) is 5.22. The van der Waals surface area contributed by atoms with Gasteiger partial charge in [0.25, 0.3) is 0 Å². The molecule has 0 spiro atoms. The zero-order valence-electron chi connectivity index (χ0n) is 9.31. The molecule has 0 bridgehead atoms. The molecule has 1 atom stereocenters. The maximum atomic E-state index is 11.4. The van der Waals surface area contributed by atoms with Crippen LogP contribution in [0.3, 0.4) is 0 Å². The molecule has 14 heavy (non-hydrogen) atoms. The minimum absolute atomic E-state index is 0.180. The summed E-state index contributed by atoms with van der Waals surface area (Å²) in [4.78, 5) is 11.4. The van der Waals surface area contributed by atoms with Gasteiger partial charge in [0.2, 0.25) is 5.91 Å². The molecule has 0 saturated heterocycles. The van der Waals surface area contributed by atoms with Crippen LogP contribution in [0.5, 0.6) is 0 Å². The van der Waals surface area contributed by atoms with Crippen molar-refractivity contribution in [2.24, 2.45) is 5.92 Å². The van der Waals surface area contributed by atoms with Crippen LogP contribution in [0.4, 0.5) is 0 Å². The summed E-state index contributed by atoms with van der Waals surface area (Å²) < 4.78 is 0. The van der Waals surface area contributed by atoms with E-state index in [4.69, 9.17) is 0 Å². The molecule has 0 aromatic carbocycles. The highest BCUT2D eigenvalue weighted by molar-refractivity contribution is 5.76. The first-order valence-corrected chi connectivity index (χ1v) is 5.72. The first-order valence-electron chi connectivity index (χ1n) is 5.72. The van der Waals surface area contributed by atoms with Crippen molar-refractivity contribution >= 4 is 5.91 Å². The van der Waals surface area contributed by atoms with Gasteiger partial charge in [-0.15, -0.1) is 0 Å². The van der Waals surface area contributed by atoms with Crippen molar-refractivity contribution in [3.8, 4) is 0 Å². The molecule has 2 N–H and O–H groups in total. The van der Waals surface area contributed by atoms with Gasteiger partial charge in [0.1, 0.15) is 0 Å². The summed E-state index contributed by atoms with van der Waals surface area (Å²) in [7, 11) is 0. The Hall–Kier alpha value is -0.570. The smallest absolute Gasteiger partial charge is 0.221 e. The minimum atomic E-state index is 0.180. The quantitative estimate of drug-likeness (QED) is 0.647. The van der Waals surface area contributed by atoms with Crippen LogP contribution in [0.15, 0.2) is 0 Å². The summed E-state index contributed by atoms with van der Waals surface area (Å²) in [5.41, 5.74) is 0. The van der Waals surface area contributed by atoms with Gasteiger partial charge >= 0.3 is 0 Å². The molecule has 0 aromatic rings. The van der Waals surface area contributed by atoms with Crippen LogP contribution < -0.4 is 10.6 Å². The average Bonchev–Trinajstić information content (AvgIpc) is 2.88. The van der Waals surface area contributed by atoms with E-state index in [2.05, 4.69) is 17.6 Å². The molecule has 3 heteroatoms. The van der Waals surface area contributed by atoms with E-state index in [0.29, 0.717) is 12.5 Å². The van der Waals surface area contributed by atoms with E-state index in [1.54, 1.807) is 0 Å². The van der Waals surface area contributed by atoms with E-state index in [0.717, 1.165) is 19.0 Å². The largest absolute Gasteiger partial charge is 0.356 e. The molecule has 0 aromatic heterocycles. The molecule has 0 radical (unpaired) electrons. The van der Waals surface area contributed by atoms with Gasteiger partial charge in [-0.3, -0.25) is 4.79 Å². The van der Waals surface area contributed by atoms with Gasteiger partial charge in [-0.25, -0.2) is 0 Å². The van der Waals surface area contributed by atoms with Crippen molar-refractivity contribution < 1.29 is 4.79 Å². The summed E-state index contributed by atoms with van der Waals surface area (Å²) in [6.07, 6.45) is 4.49. The van der Waals surface area contributed by atoms with E-state index in [-0.39, 0.29) is 5.91 Å². The fourth-order valence-electron chi connectivity index (χ4n) is 1.59. The first kappa shape index (κ1) is 11.5. The number of carbonyl (C=O) groups is 1. The van der Waals surface area contributed by atoms with E-state index in [9.17, 15) is 4.79 Å². The Labute approximate surface area is 86.6 Å². The van der Waals surface area contributed by atoms with E-state index < -0.39 is 0 Å². The lowest BCUT2D eigenvalue weighted by Gasteiger charge is -2.11. The van der Waals surface area contributed by atoms with Gasteiger partial charge in [0.15, 0.2) is 0 Å². The lowest BCUT2D eigenvalue weighted by atomic mass is 10.2. The van der Waals surface area contributed by atoms with Crippen molar-refractivity contribution in [1.82, 2.24) is 10.6 Å². The Kier molecular flexibility index (Phi) is 4.94. The molecule has 3 nitrogen and oxygen atoms in total. The molecule has 0 heterocycles. The van der Waals surface area contributed by atoms with Crippen molar-refractivity contribution in [1.29, 1.82) is 0 Å². The zero-order chi connectivity index (χ0) is 10.4. The highest BCUT2D eigenvalue weighted by atomic mass is 16.1. The maximum absolute atomic E-state index is 11.4. The molecule has 1 unspecified atom stereocenters. The highest BCUT2D eigenvalue weighted by Crippen LogP contribution is 2.31. The van der Waals surface area contributed by atoms with E-state index >= 15 is 0 Å². The van der Waals surface area contributed by atoms with Crippen molar-refractivity contribution in [3.05, 3.63) is 0 Å². The Morgan fingerprint density at radius 1 is 1.50 bits per heavy atom. The van der Waals surface area contributed by atoms with Crippen LogP contribution >= 0.6 is 0 Å². The van der Waals surface area contributed by atoms with Crippen LogP contribution in [0.25, 0.3) is 0 Å². The molecule has 1 saturated carbocycles. The average molecular weight is 198 g/mol. The van der Waals surface area contributed by atoms with Crippen molar-refractivity contribution in [2.75, 3.05) is 13.1 Å². The van der Waals surface area contributed by atoms with Gasteiger partial charge in [0, 0.05) is 19.0 Å². The molecule has 1 amide bonds. The normalized spacial score (nSPS) is 17.9. The lowest BCUT2D eigenvalue weighted by Crippen LogP contribution is -2.34. The summed E-state index contributed by atoms with van der Waals surface area (Å²) in [5, 5.41) is 6.19. The molecule has 82 valence electrons. The van der Waals surface area contributed by atoms with Crippen molar-refractivity contribution in [2.45, 2.75) is 45.6 Å². The Bertz CT molecular complexity index is 178. The van der Waals surface area contributed by atoms with Crippen LogP contribution in [-0.4, -0.2) is 25.0 Å². The summed E-state index contributed by atoms with van der Waals surface area (Å²) in [5.74, 6) is 1.08. The molecule has 1 aliphatic carbocycles. The number of hydrogen-bond acceptors (Lipinski definition) is 2. The van der Waals surface area contributed by atoms with Gasteiger partial charge in [0.05, 0.1) is 0 Å². The van der Waals surface area contributed by atoms with Crippen LogP contribution in [0.1, 0.15) is 39.5 Å². The number of amides is 1. The summed E-state index contributed by atoms with van der Waals surface area (Å²) in [6.45, 7) is 5.89. The van der Waals surface area contributed by atoms with E-state index in [1.807, 2.05) is 6.92 Å². The SMILES string of the molecule is CCNC(C)CC(=O)NCCC1CC1. The fourth-order valence-corrected chi connectivity index (χ4v) is 1.59. The molecule has 1 fully saturated rings. The molecule has 1 rings (SSSR count). The molecule has 1 aliphatic rings. The predicted octanol–water partition coefficient (Wildman–Crippen LogP) is 1.29. The van der Waals surface area contributed by atoms with Crippen LogP contribution in [0, 0.1) is 5.92 Å². The maximum Gasteiger partial charge on any atom is 0.221 e. The monoisotopic (exact) mass is 198 g/mol. The van der Waals surface area contributed by atoms with E-state index in [1.165, 1.54) is 19.3 Å². The summed E-state index contributed by atoms with van der Waals surface area (Å²) >= 11 is 0. The van der Waals surface area contributed by atoms with Crippen LogP contribution in [-0.2, 0) is 4.79 Å². The third-order valence-electron chi connectivity index (χ3n) is 2.62. The van der Waals surface area contributed by atoms with Gasteiger partial charge < -0.3 is 10.6 Å². The molecular formula is C11H22N2O. The topological polar surface area (TPSA) is 41.1 Å². The standard InChI is InChI=1S/C11H22N2O/c1-3-12-9(2)8-11(14)13-7-6-10-4-5-10/h9-10,12H,3-8H2,1-2H3,(H,13,14). The molecule has 0 aliphatic heterocycles. The highest BCUT2D eigenvalue weighted by Gasteiger charge is 2.20. The van der Waals surface area contributed by atoms with Crippen molar-refractivity contribution in [3.63, 3.8) is 0 Å². The lowest BCUT2D eigenvalue weighted by molar-refractivity contribution is -0.121. The Morgan fingerprint density at radius 2 is 2.21 bits per heavy atom. The fraction of sp³-hybridized carbons (Fsp3) is 0.909. The molecular weight excluding hydrogens is 176 g/mol. The first-order chi connectivity index (χ1) is 6.72. The Morgan fingerprint density at radius 3 is 2.79 bits per heavy atom. The third-order valence-corrected chi connectivity index (χ3v) is 2.62. The van der Waals surface area contributed by atoms with Gasteiger partial charge in [-0.2, -0.15) is 0 Å². The number of rotatable bonds is 7. The number of hydrogen-bond donors (Lipinski definition) is 2. The minimum Gasteiger partial charge on any atom is -0.356 e. The summed E-state index contributed by atoms with van der Waals surface area (Å²) in [6, 6.07) is 0.293. The second-order valence-electron chi connectivity index (χ2n) is 4.24. The zero-order valence-corrected chi connectivity index (χ0v) is 9.31. The van der Waals surface area contributed by atoms with Gasteiger partial charge in [-0.1, -0.05) is 19.8 Å². The number of nitrogens with one attached hydrogen (secondary N) is 2.